The minimum absolute atomic E-state index is 0.127. The Morgan fingerprint density at radius 1 is 1.53 bits per heavy atom. The van der Waals surface area contributed by atoms with E-state index in [1.54, 1.807) is 24.1 Å². The molecule has 1 aromatic heterocycles. The number of aromatic nitrogens is 2. The summed E-state index contributed by atoms with van der Waals surface area (Å²) in [4.78, 5) is 16.1. The molecule has 1 aromatic rings. The predicted octanol–water partition coefficient (Wildman–Crippen LogP) is 0.709. The van der Waals surface area contributed by atoms with Crippen molar-refractivity contribution < 1.29 is 9.84 Å². The Balaban J connectivity index is 2.57. The number of nitrogens with one attached hydrogen (secondary N) is 1. The summed E-state index contributed by atoms with van der Waals surface area (Å²) in [6.07, 6.45) is 3.28. The second kappa shape index (κ2) is 7.91. The highest BCUT2D eigenvalue weighted by molar-refractivity contribution is 5.30. The van der Waals surface area contributed by atoms with Gasteiger partial charge in [-0.3, -0.25) is 4.79 Å². The van der Waals surface area contributed by atoms with E-state index in [2.05, 4.69) is 24.1 Å². The lowest BCUT2D eigenvalue weighted by atomic mass is 10.2. The SMILES string of the molecule is COCC(O)CCNc1nccn(CC(C)C)c1=O. The molecule has 0 aromatic carbocycles. The van der Waals surface area contributed by atoms with E-state index in [0.29, 0.717) is 37.9 Å². The Kier molecular flexibility index (Phi) is 6.52. The van der Waals surface area contributed by atoms with Crippen LogP contribution in [-0.2, 0) is 11.3 Å². The monoisotopic (exact) mass is 269 g/mol. The van der Waals surface area contributed by atoms with Crippen molar-refractivity contribution in [1.82, 2.24) is 9.55 Å². The molecule has 1 unspecified atom stereocenters. The molecule has 6 nitrogen and oxygen atoms in total. The van der Waals surface area contributed by atoms with Gasteiger partial charge in [-0.25, -0.2) is 4.98 Å². The third-order valence-electron chi connectivity index (χ3n) is 2.60. The molecule has 0 radical (unpaired) electrons. The largest absolute Gasteiger partial charge is 0.391 e. The van der Waals surface area contributed by atoms with E-state index in [1.165, 1.54) is 0 Å². The molecule has 1 rings (SSSR count). The molecule has 0 aliphatic carbocycles. The van der Waals surface area contributed by atoms with Crippen LogP contribution in [0.4, 0.5) is 5.82 Å². The highest BCUT2D eigenvalue weighted by Gasteiger charge is 2.07. The van der Waals surface area contributed by atoms with E-state index in [4.69, 9.17) is 4.74 Å². The number of aliphatic hydroxyl groups is 1. The standard InChI is InChI=1S/C13H23N3O3/c1-10(2)8-16-7-6-15-12(13(16)18)14-5-4-11(17)9-19-3/h6-7,10-11,17H,4-5,8-9H2,1-3H3,(H,14,15). The van der Waals surface area contributed by atoms with E-state index in [-0.39, 0.29) is 5.56 Å². The second-order valence-electron chi connectivity index (χ2n) is 4.95. The van der Waals surface area contributed by atoms with Crippen molar-refractivity contribution in [2.45, 2.75) is 32.9 Å². The molecule has 0 spiro atoms. The lowest BCUT2D eigenvalue weighted by molar-refractivity contribution is 0.0615. The summed E-state index contributed by atoms with van der Waals surface area (Å²) < 4.78 is 6.48. The molecule has 1 atom stereocenters. The maximum absolute atomic E-state index is 12.1. The Morgan fingerprint density at radius 2 is 2.26 bits per heavy atom. The molecule has 1 heterocycles. The van der Waals surface area contributed by atoms with Crippen LogP contribution < -0.4 is 10.9 Å². The lowest BCUT2D eigenvalue weighted by Gasteiger charge is -2.12. The van der Waals surface area contributed by atoms with Crippen LogP contribution in [0, 0.1) is 5.92 Å². The maximum atomic E-state index is 12.1. The second-order valence-corrected chi connectivity index (χ2v) is 4.95. The number of aliphatic hydroxyl groups excluding tert-OH is 1. The molecule has 6 heteroatoms. The fourth-order valence-electron chi connectivity index (χ4n) is 1.74. The highest BCUT2D eigenvalue weighted by Crippen LogP contribution is 1.99. The zero-order chi connectivity index (χ0) is 14.3. The molecule has 0 aliphatic rings. The van der Waals surface area contributed by atoms with E-state index in [1.807, 2.05) is 0 Å². The highest BCUT2D eigenvalue weighted by atomic mass is 16.5. The van der Waals surface area contributed by atoms with Crippen molar-refractivity contribution in [1.29, 1.82) is 0 Å². The van der Waals surface area contributed by atoms with Gasteiger partial charge in [-0.05, 0) is 12.3 Å². The summed E-state index contributed by atoms with van der Waals surface area (Å²) in [6, 6.07) is 0. The number of ether oxygens (including phenoxy) is 1. The van der Waals surface area contributed by atoms with Gasteiger partial charge in [0.2, 0.25) is 0 Å². The third kappa shape index (κ3) is 5.40. The van der Waals surface area contributed by atoms with Gasteiger partial charge in [-0.2, -0.15) is 0 Å². The van der Waals surface area contributed by atoms with Crippen LogP contribution in [0.2, 0.25) is 0 Å². The Labute approximate surface area is 113 Å². The summed E-state index contributed by atoms with van der Waals surface area (Å²) in [7, 11) is 1.54. The Hall–Kier alpha value is -1.40. The summed E-state index contributed by atoms with van der Waals surface area (Å²) in [5.41, 5.74) is -0.127. The lowest BCUT2D eigenvalue weighted by Crippen LogP contribution is -2.27. The minimum atomic E-state index is -0.529. The van der Waals surface area contributed by atoms with E-state index in [0.717, 1.165) is 0 Å². The van der Waals surface area contributed by atoms with Crippen molar-refractivity contribution in [2.75, 3.05) is 25.6 Å². The first-order valence-electron chi connectivity index (χ1n) is 6.51. The number of rotatable bonds is 8. The van der Waals surface area contributed by atoms with E-state index < -0.39 is 6.10 Å². The Bertz CT molecular complexity index is 431. The average Bonchev–Trinajstić information content (AvgIpc) is 2.33. The van der Waals surface area contributed by atoms with Crippen molar-refractivity contribution in [3.05, 3.63) is 22.7 Å². The van der Waals surface area contributed by atoms with Gasteiger partial charge in [-0.15, -0.1) is 0 Å². The minimum Gasteiger partial charge on any atom is -0.391 e. The zero-order valence-corrected chi connectivity index (χ0v) is 11.8. The van der Waals surface area contributed by atoms with E-state index in [9.17, 15) is 9.90 Å². The van der Waals surface area contributed by atoms with Gasteiger partial charge >= 0.3 is 0 Å². The fraction of sp³-hybridized carbons (Fsp3) is 0.692. The molecule has 19 heavy (non-hydrogen) atoms. The third-order valence-corrected chi connectivity index (χ3v) is 2.60. The zero-order valence-electron chi connectivity index (χ0n) is 11.8. The van der Waals surface area contributed by atoms with Crippen LogP contribution in [0.25, 0.3) is 0 Å². The van der Waals surface area contributed by atoms with Crippen LogP contribution in [0.3, 0.4) is 0 Å². The molecule has 0 fully saturated rings. The number of hydrogen-bond acceptors (Lipinski definition) is 5. The van der Waals surface area contributed by atoms with Crippen molar-refractivity contribution in [3.8, 4) is 0 Å². The smallest absolute Gasteiger partial charge is 0.293 e. The summed E-state index contributed by atoms with van der Waals surface area (Å²) >= 11 is 0. The van der Waals surface area contributed by atoms with Crippen molar-refractivity contribution in [3.63, 3.8) is 0 Å². The first kappa shape index (κ1) is 15.7. The molecule has 0 amide bonds. The first-order chi connectivity index (χ1) is 9.04. The normalized spacial score (nSPS) is 12.7. The summed E-state index contributed by atoms with van der Waals surface area (Å²) in [5, 5.41) is 12.5. The predicted molar refractivity (Wildman–Crippen MR) is 74.3 cm³/mol. The fourth-order valence-corrected chi connectivity index (χ4v) is 1.74. The van der Waals surface area contributed by atoms with Crippen molar-refractivity contribution in [2.24, 2.45) is 5.92 Å². The molecule has 0 aliphatic heterocycles. The van der Waals surface area contributed by atoms with Gasteiger partial charge in [0.05, 0.1) is 12.7 Å². The van der Waals surface area contributed by atoms with Gasteiger partial charge < -0.3 is 19.7 Å². The number of nitrogens with zero attached hydrogens (tertiary/aromatic N) is 2. The molecule has 2 N–H and O–H groups in total. The first-order valence-corrected chi connectivity index (χ1v) is 6.51. The van der Waals surface area contributed by atoms with Crippen LogP contribution in [0.5, 0.6) is 0 Å². The van der Waals surface area contributed by atoms with Gasteiger partial charge in [0.25, 0.3) is 5.56 Å². The van der Waals surface area contributed by atoms with Gasteiger partial charge in [0.15, 0.2) is 5.82 Å². The number of methoxy groups -OCH3 is 1. The van der Waals surface area contributed by atoms with Gasteiger partial charge in [-0.1, -0.05) is 13.8 Å². The van der Waals surface area contributed by atoms with Crippen LogP contribution in [-0.4, -0.2) is 41.0 Å². The van der Waals surface area contributed by atoms with Crippen LogP contribution in [0.1, 0.15) is 20.3 Å². The van der Waals surface area contributed by atoms with Gasteiger partial charge in [0, 0.05) is 32.6 Å². The van der Waals surface area contributed by atoms with Crippen LogP contribution >= 0.6 is 0 Å². The quantitative estimate of drug-likeness (QED) is 0.727. The van der Waals surface area contributed by atoms with Crippen LogP contribution in [0.15, 0.2) is 17.2 Å². The Morgan fingerprint density at radius 3 is 2.89 bits per heavy atom. The average molecular weight is 269 g/mol. The molecule has 0 bridgehead atoms. The molecular formula is C13H23N3O3. The topological polar surface area (TPSA) is 76.4 Å². The van der Waals surface area contributed by atoms with Crippen molar-refractivity contribution >= 4 is 5.82 Å². The van der Waals surface area contributed by atoms with E-state index >= 15 is 0 Å². The number of anilines is 1. The molecule has 0 saturated carbocycles. The number of hydrogen-bond donors (Lipinski definition) is 2. The molecular weight excluding hydrogens is 246 g/mol. The maximum Gasteiger partial charge on any atom is 0.293 e. The summed E-state index contributed by atoms with van der Waals surface area (Å²) in [5.74, 6) is 0.726. The van der Waals surface area contributed by atoms with Gasteiger partial charge in [0.1, 0.15) is 0 Å². The molecule has 108 valence electrons. The molecule has 0 saturated heterocycles. The summed E-state index contributed by atoms with van der Waals surface area (Å²) in [6.45, 7) is 5.56.